The molecule has 0 radical (unpaired) electrons. The minimum absolute atomic E-state index is 0.315. The van der Waals surface area contributed by atoms with Crippen LogP contribution in [0.1, 0.15) is 21.5 Å². The number of anilines is 1. The lowest BCUT2D eigenvalue weighted by atomic mass is 10.1. The lowest BCUT2D eigenvalue weighted by Gasteiger charge is -2.13. The molecule has 0 unspecified atom stereocenters. The highest BCUT2D eigenvalue weighted by Crippen LogP contribution is 2.33. The molecule has 7 heteroatoms. The maximum Gasteiger partial charge on any atom is 0.259 e. The number of ether oxygens (including phenoxy) is 2. The van der Waals surface area contributed by atoms with Crippen LogP contribution in [0.25, 0.3) is 22.6 Å². The number of carbonyl (C=O) groups excluding carboxylic acids is 1. The largest absolute Gasteiger partial charge is 0.496 e. The molecule has 4 aromatic rings. The summed E-state index contributed by atoms with van der Waals surface area (Å²) in [7, 11) is 3.04. The number of aryl methyl sites for hydroxylation is 2. The Kier molecular flexibility index (Phi) is 5.57. The molecule has 3 aromatic carbocycles. The molecule has 6 nitrogen and oxygen atoms in total. The minimum atomic E-state index is -0.376. The van der Waals surface area contributed by atoms with E-state index in [4.69, 9.17) is 25.5 Å². The molecule has 0 aliphatic carbocycles. The van der Waals surface area contributed by atoms with Crippen molar-refractivity contribution in [3.63, 3.8) is 0 Å². The monoisotopic (exact) mass is 436 g/mol. The third-order valence-corrected chi connectivity index (χ3v) is 5.34. The van der Waals surface area contributed by atoms with Crippen LogP contribution in [0.2, 0.25) is 5.02 Å². The summed E-state index contributed by atoms with van der Waals surface area (Å²) in [4.78, 5) is 17.5. The van der Waals surface area contributed by atoms with Crippen molar-refractivity contribution in [2.45, 2.75) is 13.8 Å². The highest BCUT2D eigenvalue weighted by atomic mass is 35.5. The average molecular weight is 437 g/mol. The fourth-order valence-electron chi connectivity index (χ4n) is 3.29. The molecule has 31 heavy (non-hydrogen) atoms. The molecule has 0 fully saturated rings. The van der Waals surface area contributed by atoms with Gasteiger partial charge in [0.15, 0.2) is 5.58 Å². The molecule has 1 N–H and O–H groups in total. The third kappa shape index (κ3) is 4.07. The zero-order chi connectivity index (χ0) is 22.1. The standard InChI is InChI=1S/C24H21ClN2O4/c1-13-9-18-22(10-14(13)2)31-24(27-18)15-5-7-21(30-4)19(11-15)26-23(28)17-12-16(25)6-8-20(17)29-3/h5-12H,1-4H3,(H,26,28). The van der Waals surface area contributed by atoms with Crippen LogP contribution < -0.4 is 14.8 Å². The molecule has 0 spiro atoms. The Morgan fingerprint density at radius 2 is 1.68 bits per heavy atom. The fourth-order valence-corrected chi connectivity index (χ4v) is 3.46. The van der Waals surface area contributed by atoms with E-state index in [0.717, 1.165) is 16.6 Å². The molecule has 158 valence electrons. The fraction of sp³-hybridized carbons (Fsp3) is 0.167. The molecule has 0 saturated heterocycles. The number of carbonyl (C=O) groups is 1. The summed E-state index contributed by atoms with van der Waals surface area (Å²) in [6.45, 7) is 4.07. The Morgan fingerprint density at radius 3 is 2.42 bits per heavy atom. The number of hydrogen-bond acceptors (Lipinski definition) is 5. The normalized spacial score (nSPS) is 10.9. The van der Waals surface area contributed by atoms with Crippen LogP contribution in [0.15, 0.2) is 52.9 Å². The molecule has 1 amide bonds. The second kappa shape index (κ2) is 8.32. The molecule has 0 atom stereocenters. The van der Waals surface area contributed by atoms with Gasteiger partial charge in [-0.3, -0.25) is 4.79 Å². The van der Waals surface area contributed by atoms with Gasteiger partial charge in [-0.25, -0.2) is 4.98 Å². The maximum atomic E-state index is 12.9. The molecule has 1 heterocycles. The highest BCUT2D eigenvalue weighted by Gasteiger charge is 2.17. The van der Waals surface area contributed by atoms with E-state index in [0.29, 0.717) is 44.8 Å². The number of hydrogen-bond donors (Lipinski definition) is 1. The lowest BCUT2D eigenvalue weighted by Crippen LogP contribution is -2.14. The Balaban J connectivity index is 1.72. The van der Waals surface area contributed by atoms with E-state index in [1.807, 2.05) is 32.0 Å². The van der Waals surface area contributed by atoms with E-state index >= 15 is 0 Å². The first kappa shape index (κ1) is 20.8. The van der Waals surface area contributed by atoms with Gasteiger partial charge < -0.3 is 19.2 Å². The molecule has 1 aromatic heterocycles. The van der Waals surface area contributed by atoms with E-state index in [9.17, 15) is 4.79 Å². The van der Waals surface area contributed by atoms with E-state index < -0.39 is 0 Å². The molecular weight excluding hydrogens is 416 g/mol. The number of amides is 1. The van der Waals surface area contributed by atoms with Crippen molar-refractivity contribution >= 4 is 34.3 Å². The SMILES string of the molecule is COc1ccc(-c2nc3cc(C)c(C)cc3o2)cc1NC(=O)c1cc(Cl)ccc1OC. The maximum absolute atomic E-state index is 12.9. The van der Waals surface area contributed by atoms with Gasteiger partial charge in [0, 0.05) is 10.6 Å². The summed E-state index contributed by atoms with van der Waals surface area (Å²) in [6, 6.07) is 14.2. The number of halogens is 1. The zero-order valence-electron chi connectivity index (χ0n) is 17.6. The van der Waals surface area contributed by atoms with Gasteiger partial charge in [0.1, 0.15) is 17.0 Å². The number of nitrogens with zero attached hydrogens (tertiary/aromatic N) is 1. The summed E-state index contributed by atoms with van der Waals surface area (Å²) in [5.41, 5.74) is 5.27. The number of methoxy groups -OCH3 is 2. The van der Waals surface area contributed by atoms with Crippen LogP contribution in [0.5, 0.6) is 11.5 Å². The smallest absolute Gasteiger partial charge is 0.259 e. The van der Waals surface area contributed by atoms with Gasteiger partial charge in [-0.2, -0.15) is 0 Å². The van der Waals surface area contributed by atoms with Gasteiger partial charge in [0.05, 0.1) is 25.5 Å². The van der Waals surface area contributed by atoms with Crippen LogP contribution in [-0.4, -0.2) is 25.1 Å². The number of oxazole rings is 1. The Labute approximate surface area is 184 Å². The van der Waals surface area contributed by atoms with E-state index in [-0.39, 0.29) is 5.91 Å². The van der Waals surface area contributed by atoms with Crippen molar-refractivity contribution in [3.8, 4) is 23.0 Å². The number of fused-ring (bicyclic) bond motifs is 1. The predicted molar refractivity (Wildman–Crippen MR) is 121 cm³/mol. The zero-order valence-corrected chi connectivity index (χ0v) is 18.3. The molecule has 0 saturated carbocycles. The number of benzene rings is 3. The van der Waals surface area contributed by atoms with E-state index in [1.165, 1.54) is 14.2 Å². The molecule has 4 rings (SSSR count). The number of nitrogens with one attached hydrogen (secondary N) is 1. The van der Waals surface area contributed by atoms with Gasteiger partial charge in [0.25, 0.3) is 5.91 Å². The van der Waals surface area contributed by atoms with Gasteiger partial charge in [0.2, 0.25) is 5.89 Å². The molecule has 0 bridgehead atoms. The molecule has 0 aliphatic rings. The quantitative estimate of drug-likeness (QED) is 0.413. The van der Waals surface area contributed by atoms with Gasteiger partial charge >= 0.3 is 0 Å². The van der Waals surface area contributed by atoms with Crippen molar-refractivity contribution in [2.24, 2.45) is 0 Å². The highest BCUT2D eigenvalue weighted by molar-refractivity contribution is 6.31. The summed E-state index contributed by atoms with van der Waals surface area (Å²) in [5, 5.41) is 3.30. The first-order valence-electron chi connectivity index (χ1n) is 9.60. The number of rotatable bonds is 5. The molecular formula is C24H21ClN2O4. The van der Waals surface area contributed by atoms with Crippen molar-refractivity contribution in [1.29, 1.82) is 0 Å². The summed E-state index contributed by atoms with van der Waals surface area (Å²) < 4.78 is 16.7. The summed E-state index contributed by atoms with van der Waals surface area (Å²) >= 11 is 6.06. The Hall–Kier alpha value is -3.51. The second-order valence-electron chi connectivity index (χ2n) is 7.14. The topological polar surface area (TPSA) is 73.6 Å². The second-order valence-corrected chi connectivity index (χ2v) is 7.57. The lowest BCUT2D eigenvalue weighted by molar-refractivity contribution is 0.102. The van der Waals surface area contributed by atoms with Crippen LogP contribution >= 0.6 is 11.6 Å². The van der Waals surface area contributed by atoms with E-state index in [1.54, 1.807) is 30.3 Å². The van der Waals surface area contributed by atoms with Gasteiger partial charge in [-0.05, 0) is 73.5 Å². The number of aromatic nitrogens is 1. The summed E-state index contributed by atoms with van der Waals surface area (Å²) in [6.07, 6.45) is 0. The van der Waals surface area contributed by atoms with Crippen LogP contribution in [-0.2, 0) is 0 Å². The van der Waals surface area contributed by atoms with E-state index in [2.05, 4.69) is 10.3 Å². The Morgan fingerprint density at radius 1 is 0.968 bits per heavy atom. The van der Waals surface area contributed by atoms with Crippen molar-refractivity contribution in [1.82, 2.24) is 4.98 Å². The Bertz CT molecular complexity index is 1260. The third-order valence-electron chi connectivity index (χ3n) is 5.10. The van der Waals surface area contributed by atoms with Gasteiger partial charge in [-0.1, -0.05) is 11.6 Å². The first-order valence-corrected chi connectivity index (χ1v) is 9.98. The van der Waals surface area contributed by atoms with Gasteiger partial charge in [-0.15, -0.1) is 0 Å². The minimum Gasteiger partial charge on any atom is -0.496 e. The van der Waals surface area contributed by atoms with Crippen LogP contribution in [0, 0.1) is 13.8 Å². The van der Waals surface area contributed by atoms with Crippen LogP contribution in [0.3, 0.4) is 0 Å². The summed E-state index contributed by atoms with van der Waals surface area (Å²) in [5.74, 6) is 1.000. The van der Waals surface area contributed by atoms with Crippen molar-refractivity contribution in [2.75, 3.05) is 19.5 Å². The average Bonchev–Trinajstić information content (AvgIpc) is 3.16. The van der Waals surface area contributed by atoms with Crippen molar-refractivity contribution in [3.05, 3.63) is 70.2 Å². The molecule has 0 aliphatic heterocycles. The van der Waals surface area contributed by atoms with Crippen molar-refractivity contribution < 1.29 is 18.7 Å². The predicted octanol–water partition coefficient (Wildman–Crippen LogP) is 6.03. The van der Waals surface area contributed by atoms with Crippen LogP contribution in [0.4, 0.5) is 5.69 Å². The first-order chi connectivity index (χ1) is 14.9.